The Morgan fingerprint density at radius 1 is 1.00 bits per heavy atom. The van der Waals surface area contributed by atoms with Crippen molar-refractivity contribution < 1.29 is 37.1 Å². The number of phenolic OH excluding ortho intramolecular Hbond substituents is 1. The van der Waals surface area contributed by atoms with E-state index in [4.69, 9.17) is 0 Å². The van der Waals surface area contributed by atoms with Gasteiger partial charge in [0.1, 0.15) is 24.0 Å². The molecule has 0 radical (unpaired) electrons. The van der Waals surface area contributed by atoms with Crippen LogP contribution < -0.4 is 25.4 Å². The monoisotopic (exact) mass is 693 g/mol. The summed E-state index contributed by atoms with van der Waals surface area (Å²) in [5.74, 6) is -3.66. The molecule has 0 spiro atoms. The molecule has 1 aromatic heterocycles. The summed E-state index contributed by atoms with van der Waals surface area (Å²) in [7, 11) is -2.72. The summed E-state index contributed by atoms with van der Waals surface area (Å²) in [5, 5.41) is 15.8. The number of carbonyl (C=O) groups is 4. The molecule has 0 bridgehead atoms. The van der Waals surface area contributed by atoms with Gasteiger partial charge in [-0.05, 0) is 68.1 Å². The van der Waals surface area contributed by atoms with Crippen molar-refractivity contribution in [2.45, 2.75) is 37.6 Å². The molecule has 7 rings (SSSR count). The second-order valence-corrected chi connectivity index (χ2v) is 14.1. The number of benzene rings is 3. The van der Waals surface area contributed by atoms with E-state index in [0.717, 1.165) is 24.5 Å². The van der Waals surface area contributed by atoms with E-state index in [1.165, 1.54) is 21.3 Å². The highest BCUT2D eigenvalue weighted by atomic mass is 32.2. The fraction of sp³-hybridized carbons (Fsp3) is 0.344. The van der Waals surface area contributed by atoms with E-state index in [2.05, 4.69) is 10.6 Å². The summed E-state index contributed by atoms with van der Waals surface area (Å²) < 4.78 is 45.3. The number of likely N-dealkylation sites (tertiary alicyclic amines) is 1. The van der Waals surface area contributed by atoms with E-state index in [-0.39, 0.29) is 59.3 Å². The van der Waals surface area contributed by atoms with Gasteiger partial charge in [0.15, 0.2) is 5.82 Å². The molecule has 4 N–H and O–H groups in total. The van der Waals surface area contributed by atoms with Crippen LogP contribution in [0.25, 0.3) is 21.8 Å². The molecule has 4 heterocycles. The van der Waals surface area contributed by atoms with Gasteiger partial charge in [-0.3, -0.25) is 38.5 Å². The third-order valence-electron chi connectivity index (χ3n) is 9.48. The maximum atomic E-state index is 15.6. The SMILES string of the molecule is Cn1c(=O)n(C2CCC(=O)NC2=O)c2ccc(C3CCN(CC(=O)Nc4cccc5c(F)c(N6CC(=O)NS6(=O)=O)c(O)cc45)CC3)cc21. The Hall–Kier alpha value is -5.29. The predicted octanol–water partition coefficient (Wildman–Crippen LogP) is 1.31. The van der Waals surface area contributed by atoms with E-state index in [1.807, 2.05) is 23.1 Å². The predicted molar refractivity (Wildman–Crippen MR) is 176 cm³/mol. The van der Waals surface area contributed by atoms with E-state index < -0.39 is 51.9 Å². The first-order valence-electron chi connectivity index (χ1n) is 15.7. The maximum Gasteiger partial charge on any atom is 0.329 e. The molecule has 0 aliphatic carbocycles. The number of amides is 4. The van der Waals surface area contributed by atoms with Gasteiger partial charge in [-0.1, -0.05) is 18.2 Å². The number of phenols is 1. The highest BCUT2D eigenvalue weighted by Gasteiger charge is 2.38. The fourth-order valence-corrected chi connectivity index (χ4v) is 8.19. The summed E-state index contributed by atoms with van der Waals surface area (Å²) in [6, 6.07) is 10.5. The van der Waals surface area contributed by atoms with Crippen molar-refractivity contribution >= 4 is 67.0 Å². The number of rotatable bonds is 6. The minimum Gasteiger partial charge on any atom is -0.506 e. The van der Waals surface area contributed by atoms with Crippen LogP contribution in [0.2, 0.25) is 0 Å². The smallest absolute Gasteiger partial charge is 0.329 e. The van der Waals surface area contributed by atoms with Gasteiger partial charge in [-0.25, -0.2) is 18.2 Å². The second kappa shape index (κ2) is 12.0. The van der Waals surface area contributed by atoms with Gasteiger partial charge in [-0.15, -0.1) is 0 Å². The number of aromatic hydroxyl groups is 1. The number of piperidine rings is 2. The first-order valence-corrected chi connectivity index (χ1v) is 17.1. The van der Waals surface area contributed by atoms with Crippen molar-refractivity contribution in [2.75, 3.05) is 35.8 Å². The lowest BCUT2D eigenvalue weighted by molar-refractivity contribution is -0.135. The summed E-state index contributed by atoms with van der Waals surface area (Å²) >= 11 is 0. The van der Waals surface area contributed by atoms with E-state index in [0.29, 0.717) is 28.4 Å². The van der Waals surface area contributed by atoms with Crippen LogP contribution in [-0.2, 0) is 36.4 Å². The van der Waals surface area contributed by atoms with Crippen LogP contribution in [0.4, 0.5) is 15.8 Å². The largest absolute Gasteiger partial charge is 0.506 e. The van der Waals surface area contributed by atoms with Crippen LogP contribution >= 0.6 is 0 Å². The van der Waals surface area contributed by atoms with Crippen LogP contribution in [-0.4, -0.2) is 77.4 Å². The minimum absolute atomic E-state index is 0.0529. The molecule has 256 valence electrons. The van der Waals surface area contributed by atoms with Crippen molar-refractivity contribution in [3.63, 3.8) is 0 Å². The highest BCUT2D eigenvalue weighted by Crippen LogP contribution is 2.40. The van der Waals surface area contributed by atoms with E-state index >= 15 is 4.39 Å². The Morgan fingerprint density at radius 3 is 2.45 bits per heavy atom. The van der Waals surface area contributed by atoms with Gasteiger partial charge in [-0.2, -0.15) is 8.42 Å². The van der Waals surface area contributed by atoms with Gasteiger partial charge in [0.05, 0.1) is 17.6 Å². The average molecular weight is 694 g/mol. The molecule has 49 heavy (non-hydrogen) atoms. The molecule has 3 fully saturated rings. The number of nitrogens with zero attached hydrogens (tertiary/aromatic N) is 4. The van der Waals surface area contributed by atoms with Crippen LogP contribution in [0, 0.1) is 5.82 Å². The lowest BCUT2D eigenvalue weighted by Crippen LogP contribution is -2.44. The van der Waals surface area contributed by atoms with Gasteiger partial charge in [0, 0.05) is 29.9 Å². The first-order chi connectivity index (χ1) is 23.3. The maximum absolute atomic E-state index is 15.6. The lowest BCUT2D eigenvalue weighted by atomic mass is 9.89. The topological polar surface area (TPSA) is 192 Å². The number of halogens is 1. The second-order valence-electron chi connectivity index (χ2n) is 12.5. The van der Waals surface area contributed by atoms with E-state index in [9.17, 15) is 37.5 Å². The summed E-state index contributed by atoms with van der Waals surface area (Å²) in [5.41, 5.74) is 1.56. The molecule has 3 saturated heterocycles. The van der Waals surface area contributed by atoms with Crippen molar-refractivity contribution in [2.24, 2.45) is 7.05 Å². The Balaban J connectivity index is 1.02. The number of hydrogen-bond donors (Lipinski definition) is 4. The molecular weight excluding hydrogens is 661 g/mol. The van der Waals surface area contributed by atoms with Crippen molar-refractivity contribution in [1.82, 2.24) is 24.1 Å². The lowest BCUT2D eigenvalue weighted by Gasteiger charge is -2.31. The van der Waals surface area contributed by atoms with Gasteiger partial charge >= 0.3 is 15.9 Å². The van der Waals surface area contributed by atoms with Crippen molar-refractivity contribution in [3.8, 4) is 5.75 Å². The van der Waals surface area contributed by atoms with Crippen LogP contribution in [0.3, 0.4) is 0 Å². The molecule has 1 atom stereocenters. The number of carbonyl (C=O) groups excluding carboxylic acids is 4. The Labute approximate surface area is 278 Å². The zero-order valence-corrected chi connectivity index (χ0v) is 27.0. The number of imidazole rings is 1. The molecule has 15 nitrogen and oxygen atoms in total. The molecule has 17 heteroatoms. The molecule has 4 amide bonds. The normalized spacial score (nSPS) is 20.2. The third-order valence-corrected chi connectivity index (χ3v) is 10.9. The minimum atomic E-state index is -4.37. The Kier molecular flexibility index (Phi) is 7.90. The molecule has 3 aliphatic heterocycles. The Bertz CT molecular complexity index is 2260. The molecule has 4 aromatic rings. The zero-order valence-electron chi connectivity index (χ0n) is 26.2. The first kappa shape index (κ1) is 32.3. The average Bonchev–Trinajstić information content (AvgIpc) is 3.46. The number of nitrogens with one attached hydrogen (secondary N) is 3. The third kappa shape index (κ3) is 5.67. The Morgan fingerprint density at radius 2 is 1.76 bits per heavy atom. The number of imide groups is 1. The fourth-order valence-electron chi connectivity index (χ4n) is 7.03. The molecular formula is C32H32FN7O8S. The highest BCUT2D eigenvalue weighted by molar-refractivity contribution is 7.92. The summed E-state index contributed by atoms with van der Waals surface area (Å²) in [6.45, 7) is 0.588. The summed E-state index contributed by atoms with van der Waals surface area (Å²) in [6.07, 6.45) is 1.90. The van der Waals surface area contributed by atoms with Crippen LogP contribution in [0.5, 0.6) is 5.75 Å². The van der Waals surface area contributed by atoms with Gasteiger partial charge in [0.25, 0.3) is 5.91 Å². The van der Waals surface area contributed by atoms with Gasteiger partial charge < -0.3 is 10.4 Å². The number of aryl methyl sites for hydroxylation is 1. The number of anilines is 2. The quantitative estimate of drug-likeness (QED) is 0.216. The standard InChI is InChI=1S/C32H32FN7O8S/c1-37-24-13-18(5-6-22(24)40(32(37)46)23-7-8-26(42)35-31(23)45)17-9-11-38(12-10-17)15-27(43)34-21-4-2-3-19-20(21)14-25(41)30(29(19)33)39-16-28(44)36-49(39,47)48/h2-6,13-14,17,23,41H,7-12,15-16H2,1H3,(H,34,43)(H,36,44)(H,35,42,45). The van der Waals surface area contributed by atoms with Crippen molar-refractivity contribution in [3.05, 3.63) is 64.3 Å². The molecule has 3 aromatic carbocycles. The number of aromatic nitrogens is 2. The van der Waals surface area contributed by atoms with E-state index in [1.54, 1.807) is 17.8 Å². The zero-order chi connectivity index (χ0) is 34.8. The van der Waals surface area contributed by atoms with Gasteiger partial charge in [0.2, 0.25) is 17.7 Å². The van der Waals surface area contributed by atoms with Crippen molar-refractivity contribution in [1.29, 1.82) is 0 Å². The van der Waals surface area contributed by atoms with Crippen LogP contribution in [0.1, 0.15) is 43.2 Å². The van der Waals surface area contributed by atoms with Crippen LogP contribution in [0.15, 0.2) is 47.3 Å². The number of fused-ring (bicyclic) bond motifs is 2. The summed E-state index contributed by atoms with van der Waals surface area (Å²) in [4.78, 5) is 64.1. The molecule has 0 saturated carbocycles. The number of hydrogen-bond acceptors (Lipinski definition) is 9. The molecule has 3 aliphatic rings. The molecule has 1 unspecified atom stereocenters.